The lowest BCUT2D eigenvalue weighted by Crippen LogP contribution is -2.47. The minimum atomic E-state index is -0.968. The van der Waals surface area contributed by atoms with Crippen molar-refractivity contribution in [3.05, 3.63) is 108 Å². The van der Waals surface area contributed by atoms with Gasteiger partial charge in [0.05, 0.1) is 0 Å². The number of fused-ring (bicyclic) bond motifs is 3. The average Bonchev–Trinajstić information content (AvgIpc) is 3.27. The van der Waals surface area contributed by atoms with Gasteiger partial charge in [-0.15, -0.1) is 0 Å². The first-order valence-electron chi connectivity index (χ1n) is 13.8. The number of carboxylic acids is 1. The predicted octanol–water partition coefficient (Wildman–Crippen LogP) is 6.22. The molecule has 0 amide bonds. The first kappa shape index (κ1) is 25.1. The molecule has 6 nitrogen and oxygen atoms in total. The van der Waals surface area contributed by atoms with Gasteiger partial charge in [-0.3, -0.25) is 9.69 Å². The van der Waals surface area contributed by atoms with Crippen LogP contribution in [0.25, 0.3) is 11.1 Å². The molecular weight excluding hydrogens is 486 g/mol. The van der Waals surface area contributed by atoms with E-state index in [-0.39, 0.29) is 0 Å². The molecule has 0 radical (unpaired) electrons. The minimum Gasteiger partial charge on any atom is -0.480 e. The summed E-state index contributed by atoms with van der Waals surface area (Å²) in [6.45, 7) is 4.70. The maximum atomic E-state index is 12.8. The van der Waals surface area contributed by atoms with Gasteiger partial charge in [0.1, 0.15) is 17.0 Å². The maximum absolute atomic E-state index is 12.8. The van der Waals surface area contributed by atoms with Crippen LogP contribution in [0.2, 0.25) is 0 Å². The molecule has 1 aliphatic heterocycles. The summed E-state index contributed by atoms with van der Waals surface area (Å²) in [7, 11) is 0. The van der Waals surface area contributed by atoms with Gasteiger partial charge in [0, 0.05) is 32.2 Å². The van der Waals surface area contributed by atoms with Crippen molar-refractivity contribution < 1.29 is 14.6 Å². The molecule has 0 saturated carbocycles. The molecule has 2 heterocycles. The summed E-state index contributed by atoms with van der Waals surface area (Å²) < 4.78 is 5.92. The third kappa shape index (κ3) is 4.88. The molecule has 6 rings (SSSR count). The lowest BCUT2D eigenvalue weighted by Gasteiger charge is -2.35. The number of nitrogens with zero attached hydrogens (tertiary/aromatic N) is 3. The average molecular weight is 520 g/mol. The van der Waals surface area contributed by atoms with Crippen LogP contribution in [-0.2, 0) is 10.2 Å². The Kier molecular flexibility index (Phi) is 7.03. The van der Waals surface area contributed by atoms with Crippen molar-refractivity contribution in [2.24, 2.45) is 0 Å². The molecule has 0 spiro atoms. The molecule has 0 bridgehead atoms. The number of pyridine rings is 1. The Morgan fingerprint density at radius 2 is 1.41 bits per heavy atom. The standard InChI is InChI=1S/C33H33N3O3/c37-32(38)33(28-15-6-4-13-26(28)27-14-5-7-16-29(27)33)19-8-9-20-35-21-23-36(24-22-35)30-17-10-18-31(34-30)39-25-11-2-1-3-12-25/h1-7,10-18H,8-9,19-24H2,(H,37,38). The van der Waals surface area contributed by atoms with Crippen LogP contribution in [0.1, 0.15) is 30.4 Å². The number of unbranched alkanes of at least 4 members (excludes halogenated alkanes) is 1. The SMILES string of the molecule is O=C(O)C1(CCCCN2CCN(c3cccc(Oc4ccccc4)n3)CC2)c2ccccc2-c2ccccc21. The topological polar surface area (TPSA) is 65.9 Å². The molecular formula is C33H33N3O3. The zero-order valence-electron chi connectivity index (χ0n) is 22.0. The van der Waals surface area contributed by atoms with Crippen molar-refractivity contribution in [3.8, 4) is 22.8 Å². The molecule has 1 saturated heterocycles. The third-order valence-electron chi connectivity index (χ3n) is 8.08. The fraction of sp³-hybridized carbons (Fsp3) is 0.273. The summed E-state index contributed by atoms with van der Waals surface area (Å²) in [6, 6.07) is 31.6. The van der Waals surface area contributed by atoms with Crippen LogP contribution in [-0.4, -0.2) is 53.7 Å². The van der Waals surface area contributed by atoms with Gasteiger partial charge in [0.2, 0.25) is 5.88 Å². The second kappa shape index (κ2) is 10.9. The van der Waals surface area contributed by atoms with Crippen molar-refractivity contribution >= 4 is 11.8 Å². The molecule has 1 aromatic heterocycles. The number of ether oxygens (including phenoxy) is 1. The quantitative estimate of drug-likeness (QED) is 0.265. The summed E-state index contributed by atoms with van der Waals surface area (Å²) in [4.78, 5) is 22.3. The van der Waals surface area contributed by atoms with Crippen molar-refractivity contribution in [3.63, 3.8) is 0 Å². The highest BCUT2D eigenvalue weighted by Crippen LogP contribution is 2.51. The number of hydrogen-bond acceptors (Lipinski definition) is 5. The normalized spacial score (nSPS) is 15.9. The highest BCUT2D eigenvalue weighted by atomic mass is 16.5. The van der Waals surface area contributed by atoms with E-state index in [0.29, 0.717) is 12.3 Å². The monoisotopic (exact) mass is 519 g/mol. The zero-order valence-corrected chi connectivity index (χ0v) is 22.0. The predicted molar refractivity (Wildman–Crippen MR) is 154 cm³/mol. The highest BCUT2D eigenvalue weighted by molar-refractivity contribution is 5.97. The zero-order chi connectivity index (χ0) is 26.7. The van der Waals surface area contributed by atoms with Gasteiger partial charge < -0.3 is 14.7 Å². The largest absolute Gasteiger partial charge is 0.480 e. The Bertz CT molecular complexity index is 1400. The van der Waals surface area contributed by atoms with Crippen LogP contribution < -0.4 is 9.64 Å². The number of carbonyl (C=O) groups is 1. The van der Waals surface area contributed by atoms with Gasteiger partial charge >= 0.3 is 5.97 Å². The van der Waals surface area contributed by atoms with E-state index in [1.807, 2.05) is 84.9 Å². The van der Waals surface area contributed by atoms with E-state index in [9.17, 15) is 9.90 Å². The Labute approximate surface area is 229 Å². The summed E-state index contributed by atoms with van der Waals surface area (Å²) in [6.07, 6.45) is 2.43. The van der Waals surface area contributed by atoms with Crippen LogP contribution in [0.4, 0.5) is 5.82 Å². The molecule has 1 N–H and O–H groups in total. The van der Waals surface area contributed by atoms with Gasteiger partial charge in [-0.1, -0.05) is 79.2 Å². The van der Waals surface area contributed by atoms with Crippen molar-refractivity contribution in [2.45, 2.75) is 24.7 Å². The Hall–Kier alpha value is -4.16. The highest BCUT2D eigenvalue weighted by Gasteiger charge is 2.48. The molecule has 0 unspecified atom stereocenters. The lowest BCUT2D eigenvalue weighted by molar-refractivity contribution is -0.142. The van der Waals surface area contributed by atoms with E-state index in [4.69, 9.17) is 9.72 Å². The van der Waals surface area contributed by atoms with E-state index >= 15 is 0 Å². The molecule has 4 aromatic rings. The fourth-order valence-corrected chi connectivity index (χ4v) is 6.10. The molecule has 1 fully saturated rings. The Morgan fingerprint density at radius 1 is 0.769 bits per heavy atom. The summed E-state index contributed by atoms with van der Waals surface area (Å²) in [5, 5.41) is 10.5. The van der Waals surface area contributed by atoms with E-state index < -0.39 is 11.4 Å². The fourth-order valence-electron chi connectivity index (χ4n) is 6.10. The number of anilines is 1. The van der Waals surface area contributed by atoms with E-state index in [1.165, 1.54) is 0 Å². The second-order valence-electron chi connectivity index (χ2n) is 10.3. The number of piperazine rings is 1. The maximum Gasteiger partial charge on any atom is 0.318 e. The summed E-state index contributed by atoms with van der Waals surface area (Å²) in [5.41, 5.74) is 3.00. The molecule has 198 valence electrons. The van der Waals surface area contributed by atoms with E-state index in [0.717, 1.165) is 79.4 Å². The molecule has 3 aromatic carbocycles. The molecule has 0 atom stereocenters. The van der Waals surface area contributed by atoms with Gasteiger partial charge in [-0.25, -0.2) is 0 Å². The van der Waals surface area contributed by atoms with Crippen molar-refractivity contribution in [1.29, 1.82) is 0 Å². The molecule has 6 heteroatoms. The van der Waals surface area contributed by atoms with Crippen LogP contribution in [0.3, 0.4) is 0 Å². The van der Waals surface area contributed by atoms with Gasteiger partial charge in [0.15, 0.2) is 0 Å². The number of benzene rings is 3. The Balaban J connectivity index is 1.04. The van der Waals surface area contributed by atoms with Crippen molar-refractivity contribution in [2.75, 3.05) is 37.6 Å². The van der Waals surface area contributed by atoms with Crippen LogP contribution in [0.5, 0.6) is 11.6 Å². The second-order valence-corrected chi connectivity index (χ2v) is 10.3. The van der Waals surface area contributed by atoms with Gasteiger partial charge in [-0.2, -0.15) is 4.98 Å². The third-order valence-corrected chi connectivity index (χ3v) is 8.08. The lowest BCUT2D eigenvalue weighted by atomic mass is 9.74. The van der Waals surface area contributed by atoms with Crippen molar-refractivity contribution in [1.82, 2.24) is 9.88 Å². The Morgan fingerprint density at radius 3 is 2.08 bits per heavy atom. The van der Waals surface area contributed by atoms with Crippen LogP contribution in [0, 0.1) is 0 Å². The summed E-state index contributed by atoms with van der Waals surface area (Å²) >= 11 is 0. The van der Waals surface area contributed by atoms with Gasteiger partial charge in [0.25, 0.3) is 0 Å². The number of hydrogen-bond donors (Lipinski definition) is 1. The van der Waals surface area contributed by atoms with E-state index in [2.05, 4.69) is 21.9 Å². The number of aromatic nitrogens is 1. The molecule has 1 aliphatic carbocycles. The minimum absolute atomic E-state index is 0.601. The molecule has 2 aliphatic rings. The smallest absolute Gasteiger partial charge is 0.318 e. The number of para-hydroxylation sites is 1. The molecule has 39 heavy (non-hydrogen) atoms. The van der Waals surface area contributed by atoms with Crippen LogP contribution in [0.15, 0.2) is 97.1 Å². The first-order valence-corrected chi connectivity index (χ1v) is 13.8. The first-order chi connectivity index (χ1) is 19.1. The summed E-state index contributed by atoms with van der Waals surface area (Å²) in [5.74, 6) is 1.56. The number of aliphatic carboxylic acids is 1. The number of rotatable bonds is 9. The van der Waals surface area contributed by atoms with Gasteiger partial charge in [-0.05, 0) is 59.8 Å². The van der Waals surface area contributed by atoms with Crippen LogP contribution >= 0.6 is 0 Å². The number of carboxylic acid groups (broad SMARTS) is 1. The van der Waals surface area contributed by atoms with E-state index in [1.54, 1.807) is 0 Å².